The Morgan fingerprint density at radius 3 is 2.81 bits per heavy atom. The van der Waals surface area contributed by atoms with Crippen LogP contribution in [0, 0.1) is 13.8 Å². The van der Waals surface area contributed by atoms with Gasteiger partial charge in [0, 0.05) is 13.1 Å². The number of aromatic nitrogens is 3. The third kappa shape index (κ3) is 2.05. The number of carbonyl (C=O) groups excluding carboxylic acids is 1. The summed E-state index contributed by atoms with van der Waals surface area (Å²) in [5.74, 6) is 0.657. The van der Waals surface area contributed by atoms with E-state index in [0.29, 0.717) is 17.4 Å². The van der Waals surface area contributed by atoms with Gasteiger partial charge in [0.15, 0.2) is 11.7 Å². The zero-order valence-corrected chi connectivity index (χ0v) is 8.89. The van der Waals surface area contributed by atoms with Crippen molar-refractivity contribution in [2.75, 3.05) is 5.32 Å². The highest BCUT2D eigenvalue weighted by Gasteiger charge is 2.16. The van der Waals surface area contributed by atoms with Gasteiger partial charge in [0.1, 0.15) is 0 Å². The van der Waals surface area contributed by atoms with Gasteiger partial charge in [-0.2, -0.15) is 5.10 Å². The Labute approximate surface area is 91.7 Å². The third-order valence-electron chi connectivity index (χ3n) is 1.92. The molecule has 16 heavy (non-hydrogen) atoms. The third-order valence-corrected chi connectivity index (χ3v) is 1.92. The summed E-state index contributed by atoms with van der Waals surface area (Å²) in [6, 6.07) is 3.32. The van der Waals surface area contributed by atoms with Crippen molar-refractivity contribution >= 4 is 11.7 Å². The molecule has 0 spiro atoms. The van der Waals surface area contributed by atoms with Crippen LogP contribution in [0.1, 0.15) is 22.1 Å². The Hall–Kier alpha value is -2.24. The first-order valence-electron chi connectivity index (χ1n) is 4.70. The molecule has 0 saturated heterocycles. The standard InChI is InChI=1S/C10H10N4O2/c1-6-9(16-7(2)12-6)10(15)13-8-4-3-5-11-14-8/h3-5H,1-2H3,(H,13,14,15). The van der Waals surface area contributed by atoms with Crippen molar-refractivity contribution in [1.29, 1.82) is 0 Å². The second-order valence-corrected chi connectivity index (χ2v) is 3.21. The van der Waals surface area contributed by atoms with Gasteiger partial charge in [-0.3, -0.25) is 4.79 Å². The quantitative estimate of drug-likeness (QED) is 0.822. The van der Waals surface area contributed by atoms with Crippen LogP contribution in [0.4, 0.5) is 5.82 Å². The molecule has 0 aliphatic rings. The summed E-state index contributed by atoms with van der Waals surface area (Å²) in [7, 11) is 0. The van der Waals surface area contributed by atoms with Crippen molar-refractivity contribution in [2.24, 2.45) is 0 Å². The van der Waals surface area contributed by atoms with Crippen LogP contribution in [0.2, 0.25) is 0 Å². The molecule has 6 heteroatoms. The van der Waals surface area contributed by atoms with Crippen molar-refractivity contribution in [1.82, 2.24) is 15.2 Å². The molecule has 0 bridgehead atoms. The van der Waals surface area contributed by atoms with Crippen LogP contribution in [0.15, 0.2) is 22.7 Å². The number of carbonyl (C=O) groups is 1. The zero-order valence-electron chi connectivity index (χ0n) is 8.89. The van der Waals surface area contributed by atoms with Crippen LogP contribution < -0.4 is 5.32 Å². The zero-order chi connectivity index (χ0) is 11.5. The molecule has 6 nitrogen and oxygen atoms in total. The van der Waals surface area contributed by atoms with Crippen LogP contribution in [0.3, 0.4) is 0 Å². The molecule has 0 fully saturated rings. The van der Waals surface area contributed by atoms with Gasteiger partial charge in [-0.05, 0) is 19.1 Å². The van der Waals surface area contributed by atoms with Crippen LogP contribution in [-0.4, -0.2) is 21.1 Å². The summed E-state index contributed by atoms with van der Waals surface area (Å²) in [6.07, 6.45) is 1.53. The summed E-state index contributed by atoms with van der Waals surface area (Å²) >= 11 is 0. The molecule has 82 valence electrons. The van der Waals surface area contributed by atoms with E-state index in [1.165, 1.54) is 6.20 Å². The number of amides is 1. The summed E-state index contributed by atoms with van der Waals surface area (Å²) in [4.78, 5) is 15.7. The van der Waals surface area contributed by atoms with Gasteiger partial charge in [0.2, 0.25) is 5.76 Å². The predicted octanol–water partition coefficient (Wildman–Crippen LogP) is 1.33. The van der Waals surface area contributed by atoms with Crippen molar-refractivity contribution in [3.05, 3.63) is 35.7 Å². The highest BCUT2D eigenvalue weighted by molar-refractivity contribution is 6.02. The van der Waals surface area contributed by atoms with E-state index in [1.54, 1.807) is 26.0 Å². The van der Waals surface area contributed by atoms with Gasteiger partial charge in [0.25, 0.3) is 5.91 Å². The predicted molar refractivity (Wildman–Crippen MR) is 56.0 cm³/mol. The van der Waals surface area contributed by atoms with Gasteiger partial charge in [-0.1, -0.05) is 0 Å². The van der Waals surface area contributed by atoms with Gasteiger partial charge in [0.05, 0.1) is 5.69 Å². The van der Waals surface area contributed by atoms with E-state index in [0.717, 1.165) is 0 Å². The van der Waals surface area contributed by atoms with E-state index >= 15 is 0 Å². The lowest BCUT2D eigenvalue weighted by Gasteiger charge is -2.00. The average molecular weight is 218 g/mol. The molecule has 2 rings (SSSR count). The lowest BCUT2D eigenvalue weighted by molar-refractivity contribution is 0.0994. The van der Waals surface area contributed by atoms with E-state index in [-0.39, 0.29) is 11.7 Å². The summed E-state index contributed by atoms with van der Waals surface area (Å²) in [6.45, 7) is 3.40. The molecule has 2 aromatic rings. The molecule has 0 aromatic carbocycles. The first-order chi connectivity index (χ1) is 7.66. The minimum Gasteiger partial charge on any atom is -0.436 e. The minimum atomic E-state index is -0.376. The SMILES string of the molecule is Cc1nc(C)c(C(=O)Nc2cccnn2)o1. The van der Waals surface area contributed by atoms with E-state index in [1.807, 2.05) is 0 Å². The van der Waals surface area contributed by atoms with Crippen molar-refractivity contribution in [3.63, 3.8) is 0 Å². The fourth-order valence-corrected chi connectivity index (χ4v) is 1.28. The largest absolute Gasteiger partial charge is 0.436 e. The smallest absolute Gasteiger partial charge is 0.294 e. The number of oxazole rings is 1. The Balaban J connectivity index is 2.18. The summed E-state index contributed by atoms with van der Waals surface area (Å²) in [5.41, 5.74) is 0.555. The maximum absolute atomic E-state index is 11.7. The molecule has 1 N–H and O–H groups in total. The molecule has 0 aliphatic heterocycles. The van der Waals surface area contributed by atoms with Gasteiger partial charge >= 0.3 is 0 Å². The molecule has 0 radical (unpaired) electrons. The number of hydrogen-bond acceptors (Lipinski definition) is 5. The summed E-state index contributed by atoms with van der Waals surface area (Å²) < 4.78 is 5.18. The van der Waals surface area contributed by atoms with E-state index in [9.17, 15) is 4.79 Å². The monoisotopic (exact) mass is 218 g/mol. The lowest BCUT2D eigenvalue weighted by atomic mass is 10.3. The molecule has 1 amide bonds. The van der Waals surface area contributed by atoms with Crippen LogP contribution in [0.5, 0.6) is 0 Å². The Morgan fingerprint density at radius 2 is 2.25 bits per heavy atom. The number of hydrogen-bond donors (Lipinski definition) is 1. The molecular formula is C10H10N4O2. The molecule has 0 saturated carbocycles. The second kappa shape index (κ2) is 4.09. The van der Waals surface area contributed by atoms with Crippen LogP contribution in [0.25, 0.3) is 0 Å². The van der Waals surface area contributed by atoms with Gasteiger partial charge in [-0.15, -0.1) is 5.10 Å². The minimum absolute atomic E-state index is 0.197. The molecule has 0 unspecified atom stereocenters. The van der Waals surface area contributed by atoms with Crippen molar-refractivity contribution < 1.29 is 9.21 Å². The fraction of sp³-hybridized carbons (Fsp3) is 0.200. The first kappa shape index (κ1) is 10.3. The topological polar surface area (TPSA) is 80.9 Å². The highest BCUT2D eigenvalue weighted by Crippen LogP contribution is 2.11. The maximum atomic E-state index is 11.7. The van der Waals surface area contributed by atoms with Crippen molar-refractivity contribution in [2.45, 2.75) is 13.8 Å². The van der Waals surface area contributed by atoms with Crippen LogP contribution in [-0.2, 0) is 0 Å². The average Bonchev–Trinajstić information content (AvgIpc) is 2.59. The van der Waals surface area contributed by atoms with E-state index in [4.69, 9.17) is 4.42 Å². The number of aryl methyl sites for hydroxylation is 2. The fourth-order valence-electron chi connectivity index (χ4n) is 1.28. The van der Waals surface area contributed by atoms with Gasteiger partial charge in [-0.25, -0.2) is 4.98 Å². The maximum Gasteiger partial charge on any atom is 0.294 e. The molecule has 2 aromatic heterocycles. The highest BCUT2D eigenvalue weighted by atomic mass is 16.4. The normalized spacial score (nSPS) is 10.1. The molecule has 2 heterocycles. The lowest BCUT2D eigenvalue weighted by Crippen LogP contribution is -2.13. The van der Waals surface area contributed by atoms with Crippen molar-refractivity contribution in [3.8, 4) is 0 Å². The van der Waals surface area contributed by atoms with Gasteiger partial charge < -0.3 is 9.73 Å². The van der Waals surface area contributed by atoms with Crippen LogP contribution >= 0.6 is 0 Å². The summed E-state index contributed by atoms with van der Waals surface area (Å²) in [5, 5.41) is 9.95. The number of nitrogens with zero attached hydrogens (tertiary/aromatic N) is 3. The van der Waals surface area contributed by atoms with E-state index in [2.05, 4.69) is 20.5 Å². The number of anilines is 1. The Morgan fingerprint density at radius 1 is 1.44 bits per heavy atom. The van der Waals surface area contributed by atoms with E-state index < -0.39 is 0 Å². The number of nitrogens with one attached hydrogen (secondary N) is 1. The molecule has 0 atom stereocenters. The first-order valence-corrected chi connectivity index (χ1v) is 4.70. The molecule has 0 aliphatic carbocycles. The second-order valence-electron chi connectivity index (χ2n) is 3.21. The Bertz CT molecular complexity index is 507. The molecular weight excluding hydrogens is 208 g/mol. The Kier molecular flexibility index (Phi) is 2.63. The number of rotatable bonds is 2.